The summed E-state index contributed by atoms with van der Waals surface area (Å²) in [7, 11) is 0. The molecule has 1 N–H and O–H groups in total. The van der Waals surface area contributed by atoms with E-state index in [0.717, 1.165) is 18.4 Å². The smallest absolute Gasteiger partial charge is 0.237 e. The maximum Gasteiger partial charge on any atom is 0.237 e. The zero-order chi connectivity index (χ0) is 16.6. The van der Waals surface area contributed by atoms with Gasteiger partial charge in [0.1, 0.15) is 5.41 Å². The van der Waals surface area contributed by atoms with Crippen LogP contribution >= 0.6 is 0 Å². The van der Waals surface area contributed by atoms with Gasteiger partial charge in [0.2, 0.25) is 11.8 Å². The van der Waals surface area contributed by atoms with E-state index < -0.39 is 5.41 Å². The predicted molar refractivity (Wildman–Crippen MR) is 89.2 cm³/mol. The average molecular weight is 304 g/mol. The van der Waals surface area contributed by atoms with Gasteiger partial charge in [0.15, 0.2) is 0 Å². The molecule has 0 unspecified atom stereocenters. The molecule has 0 bridgehead atoms. The normalized spacial score (nSPS) is 11.1. The van der Waals surface area contributed by atoms with Crippen LogP contribution in [-0.4, -0.2) is 29.8 Å². The second kappa shape index (κ2) is 8.57. The molecular weight excluding hydrogens is 276 g/mol. The number of hydrogen-bond acceptors (Lipinski definition) is 2. The highest BCUT2D eigenvalue weighted by Gasteiger charge is 2.38. The maximum atomic E-state index is 12.7. The van der Waals surface area contributed by atoms with Crippen LogP contribution < -0.4 is 5.32 Å². The van der Waals surface area contributed by atoms with E-state index in [9.17, 15) is 9.59 Å². The van der Waals surface area contributed by atoms with Gasteiger partial charge in [0, 0.05) is 19.6 Å². The molecule has 1 aromatic carbocycles. The van der Waals surface area contributed by atoms with Crippen LogP contribution in [0.25, 0.3) is 0 Å². The number of amides is 2. The Morgan fingerprint density at radius 1 is 1.14 bits per heavy atom. The molecule has 0 radical (unpaired) electrons. The van der Waals surface area contributed by atoms with Crippen LogP contribution in [0.4, 0.5) is 0 Å². The Hall–Kier alpha value is -1.84. The fourth-order valence-corrected chi connectivity index (χ4v) is 2.22. The van der Waals surface area contributed by atoms with E-state index in [1.807, 2.05) is 37.3 Å². The summed E-state index contributed by atoms with van der Waals surface area (Å²) in [5.41, 5.74) is 0.0262. The second-order valence-electron chi connectivity index (χ2n) is 6.04. The van der Waals surface area contributed by atoms with Crippen molar-refractivity contribution in [3.05, 3.63) is 35.9 Å². The molecule has 0 aliphatic rings. The highest BCUT2D eigenvalue weighted by molar-refractivity contribution is 6.04. The SMILES string of the molecule is CCCCNC(=O)C(C)(C)C(=O)N(CC)Cc1ccccc1. The van der Waals surface area contributed by atoms with Crippen LogP contribution in [0.3, 0.4) is 0 Å². The molecule has 0 heterocycles. The summed E-state index contributed by atoms with van der Waals surface area (Å²) in [4.78, 5) is 26.8. The Morgan fingerprint density at radius 2 is 1.77 bits per heavy atom. The number of benzene rings is 1. The second-order valence-corrected chi connectivity index (χ2v) is 6.04. The summed E-state index contributed by atoms with van der Waals surface area (Å²) in [5.74, 6) is -0.328. The first-order valence-electron chi connectivity index (χ1n) is 8.05. The monoisotopic (exact) mass is 304 g/mol. The minimum absolute atomic E-state index is 0.132. The average Bonchev–Trinajstić information content (AvgIpc) is 2.53. The van der Waals surface area contributed by atoms with Gasteiger partial charge in [-0.1, -0.05) is 43.7 Å². The summed E-state index contributed by atoms with van der Waals surface area (Å²) in [5, 5.41) is 2.86. The molecule has 0 saturated carbocycles. The Labute approximate surface area is 133 Å². The number of hydrogen-bond donors (Lipinski definition) is 1. The van der Waals surface area contributed by atoms with Crippen molar-refractivity contribution in [3.8, 4) is 0 Å². The fourth-order valence-electron chi connectivity index (χ4n) is 2.22. The molecule has 0 fully saturated rings. The lowest BCUT2D eigenvalue weighted by Gasteiger charge is -2.30. The zero-order valence-corrected chi connectivity index (χ0v) is 14.2. The van der Waals surface area contributed by atoms with Crippen LogP contribution in [0, 0.1) is 5.41 Å². The molecule has 2 amide bonds. The van der Waals surface area contributed by atoms with Gasteiger partial charge in [-0.15, -0.1) is 0 Å². The number of unbranched alkanes of at least 4 members (excludes halogenated alkanes) is 1. The summed E-state index contributed by atoms with van der Waals surface area (Å²) in [6, 6.07) is 9.84. The van der Waals surface area contributed by atoms with Gasteiger partial charge in [-0.05, 0) is 32.8 Å². The molecular formula is C18H28N2O2. The summed E-state index contributed by atoms with van der Waals surface area (Å²) >= 11 is 0. The van der Waals surface area contributed by atoms with Gasteiger partial charge in [-0.25, -0.2) is 0 Å². The Morgan fingerprint density at radius 3 is 2.32 bits per heavy atom. The third kappa shape index (κ3) is 4.86. The summed E-state index contributed by atoms with van der Waals surface area (Å²) in [6.45, 7) is 9.14. The molecule has 0 aliphatic heterocycles. The van der Waals surface area contributed by atoms with E-state index in [1.165, 1.54) is 0 Å². The van der Waals surface area contributed by atoms with E-state index in [4.69, 9.17) is 0 Å². The minimum atomic E-state index is -1.04. The summed E-state index contributed by atoms with van der Waals surface area (Å²) < 4.78 is 0. The lowest BCUT2D eigenvalue weighted by Crippen LogP contribution is -2.49. The first-order chi connectivity index (χ1) is 10.4. The third-order valence-corrected chi connectivity index (χ3v) is 3.80. The van der Waals surface area contributed by atoms with Crippen molar-refractivity contribution < 1.29 is 9.59 Å². The van der Waals surface area contributed by atoms with Crippen LogP contribution in [0.1, 0.15) is 46.1 Å². The van der Waals surface area contributed by atoms with Crippen LogP contribution in [0.2, 0.25) is 0 Å². The number of carbonyl (C=O) groups excluding carboxylic acids is 2. The van der Waals surface area contributed by atoms with Crippen molar-refractivity contribution in [1.29, 1.82) is 0 Å². The molecule has 122 valence electrons. The Kier molecular flexibility index (Phi) is 7.09. The van der Waals surface area contributed by atoms with Crippen LogP contribution in [0.5, 0.6) is 0 Å². The van der Waals surface area contributed by atoms with Crippen molar-refractivity contribution in [1.82, 2.24) is 10.2 Å². The van der Waals surface area contributed by atoms with E-state index in [1.54, 1.807) is 18.7 Å². The van der Waals surface area contributed by atoms with Gasteiger partial charge < -0.3 is 10.2 Å². The highest BCUT2D eigenvalue weighted by atomic mass is 16.2. The Balaban J connectivity index is 2.74. The first-order valence-corrected chi connectivity index (χ1v) is 8.05. The van der Waals surface area contributed by atoms with E-state index in [2.05, 4.69) is 12.2 Å². The van der Waals surface area contributed by atoms with Crippen molar-refractivity contribution in [2.24, 2.45) is 5.41 Å². The van der Waals surface area contributed by atoms with Crippen molar-refractivity contribution in [2.75, 3.05) is 13.1 Å². The largest absolute Gasteiger partial charge is 0.355 e. The molecule has 0 spiro atoms. The quantitative estimate of drug-likeness (QED) is 0.593. The van der Waals surface area contributed by atoms with Gasteiger partial charge >= 0.3 is 0 Å². The standard InChI is InChI=1S/C18H28N2O2/c1-5-7-13-19-16(21)18(3,4)17(22)20(6-2)14-15-11-9-8-10-12-15/h8-12H,5-7,13-14H2,1-4H3,(H,19,21). The zero-order valence-electron chi connectivity index (χ0n) is 14.2. The van der Waals surface area contributed by atoms with Gasteiger partial charge in [0.05, 0.1) is 0 Å². The minimum Gasteiger partial charge on any atom is -0.355 e. The number of carbonyl (C=O) groups is 2. The fraction of sp³-hybridized carbons (Fsp3) is 0.556. The predicted octanol–water partition coefficient (Wildman–Crippen LogP) is 2.98. The van der Waals surface area contributed by atoms with E-state index in [0.29, 0.717) is 19.6 Å². The van der Waals surface area contributed by atoms with Crippen LogP contribution in [-0.2, 0) is 16.1 Å². The third-order valence-electron chi connectivity index (χ3n) is 3.80. The molecule has 22 heavy (non-hydrogen) atoms. The molecule has 1 rings (SSSR count). The van der Waals surface area contributed by atoms with Crippen molar-refractivity contribution in [2.45, 2.75) is 47.1 Å². The van der Waals surface area contributed by atoms with Gasteiger partial charge in [-0.2, -0.15) is 0 Å². The van der Waals surface area contributed by atoms with Gasteiger partial charge in [0.25, 0.3) is 0 Å². The molecule has 0 saturated heterocycles. The van der Waals surface area contributed by atoms with E-state index in [-0.39, 0.29) is 11.8 Å². The first kappa shape index (κ1) is 18.2. The van der Waals surface area contributed by atoms with Crippen molar-refractivity contribution >= 4 is 11.8 Å². The lowest BCUT2D eigenvalue weighted by atomic mass is 9.90. The Bertz CT molecular complexity index is 483. The van der Waals surface area contributed by atoms with Crippen molar-refractivity contribution in [3.63, 3.8) is 0 Å². The molecule has 0 aliphatic carbocycles. The maximum absolute atomic E-state index is 12.7. The van der Waals surface area contributed by atoms with Crippen LogP contribution in [0.15, 0.2) is 30.3 Å². The number of rotatable bonds is 8. The number of nitrogens with zero attached hydrogens (tertiary/aromatic N) is 1. The van der Waals surface area contributed by atoms with Gasteiger partial charge in [-0.3, -0.25) is 9.59 Å². The topological polar surface area (TPSA) is 49.4 Å². The van der Waals surface area contributed by atoms with E-state index >= 15 is 0 Å². The molecule has 4 heteroatoms. The molecule has 4 nitrogen and oxygen atoms in total. The molecule has 0 atom stereocenters. The molecule has 1 aromatic rings. The highest BCUT2D eigenvalue weighted by Crippen LogP contribution is 2.21. The summed E-state index contributed by atoms with van der Waals surface area (Å²) in [6.07, 6.45) is 1.95. The molecule has 0 aromatic heterocycles. The lowest BCUT2D eigenvalue weighted by molar-refractivity contribution is -0.148. The number of nitrogens with one attached hydrogen (secondary N) is 1.